The Labute approximate surface area is 280 Å². The summed E-state index contributed by atoms with van der Waals surface area (Å²) in [6, 6.07) is 10.7. The third kappa shape index (κ3) is 6.09. The van der Waals surface area contributed by atoms with Crippen LogP contribution in [0.1, 0.15) is 21.7 Å². The fraction of sp³-hybridized carbons (Fsp3) is 0.306. The van der Waals surface area contributed by atoms with Crippen molar-refractivity contribution in [3.05, 3.63) is 87.8 Å². The maximum absolute atomic E-state index is 16.1. The highest BCUT2D eigenvalue weighted by Crippen LogP contribution is 2.48. The lowest BCUT2D eigenvalue weighted by Crippen LogP contribution is -2.34. The number of thiophene rings is 1. The molecule has 0 saturated heterocycles. The van der Waals surface area contributed by atoms with Crippen LogP contribution in [0.25, 0.3) is 43.2 Å². The van der Waals surface area contributed by atoms with Crippen molar-refractivity contribution in [1.82, 2.24) is 19.8 Å². The van der Waals surface area contributed by atoms with Gasteiger partial charge in [-0.3, -0.25) is 4.79 Å². The third-order valence-corrected chi connectivity index (χ3v) is 10.9. The van der Waals surface area contributed by atoms with Gasteiger partial charge in [0.05, 0.1) is 30.1 Å². The number of carbonyl (C=O) groups is 1. The van der Waals surface area contributed by atoms with Gasteiger partial charge < -0.3 is 19.3 Å². The molecular weight excluding hydrogens is 639 g/mol. The van der Waals surface area contributed by atoms with Crippen LogP contribution in [-0.2, 0) is 35.3 Å². The highest BCUT2D eigenvalue weighted by molar-refractivity contribution is 7.18. The second-order valence-electron chi connectivity index (χ2n) is 11.8. The highest BCUT2D eigenvalue weighted by atomic mass is 32.1. The summed E-state index contributed by atoms with van der Waals surface area (Å²) < 4.78 is 42.6. The summed E-state index contributed by atoms with van der Waals surface area (Å²) in [6.45, 7) is 6.95. The molecule has 0 spiro atoms. The molecule has 11 heteroatoms. The Morgan fingerprint density at radius 3 is 2.64 bits per heavy atom. The molecule has 2 aliphatic rings. The number of pyridine rings is 1. The number of thiazole rings is 1. The fourth-order valence-corrected chi connectivity index (χ4v) is 8.44. The van der Waals surface area contributed by atoms with Gasteiger partial charge in [0.1, 0.15) is 34.7 Å². The summed E-state index contributed by atoms with van der Waals surface area (Å²) in [5, 5.41) is 3.45. The van der Waals surface area contributed by atoms with Crippen LogP contribution in [-0.4, -0.2) is 72.7 Å². The molecule has 5 heterocycles. The maximum atomic E-state index is 16.1. The number of hydrogen-bond acceptors (Lipinski definition) is 8. The van der Waals surface area contributed by atoms with Crippen LogP contribution in [0, 0.1) is 11.6 Å². The summed E-state index contributed by atoms with van der Waals surface area (Å²) >= 11 is 2.92. The zero-order valence-electron chi connectivity index (χ0n) is 26.3. The topological polar surface area (TPSA) is 67.8 Å². The number of carbonyl (C=O) groups excluding carboxylic acids is 1. The zero-order valence-corrected chi connectivity index (χ0v) is 27.9. The average Bonchev–Trinajstić information content (AvgIpc) is 3.69. The molecule has 2 aromatic carbocycles. The van der Waals surface area contributed by atoms with Crippen LogP contribution in [0.4, 0.5) is 8.78 Å². The number of likely N-dealkylation sites (N-methyl/N-ethyl adjacent to an activating group) is 1. The first-order chi connectivity index (χ1) is 22.8. The molecule has 242 valence electrons. The smallest absolute Gasteiger partial charge is 0.246 e. The first-order valence-electron chi connectivity index (χ1n) is 15.6. The molecule has 0 fully saturated rings. The minimum absolute atomic E-state index is 0.0725. The monoisotopic (exact) mass is 672 g/mol. The number of amides is 1. The molecule has 0 atom stereocenters. The van der Waals surface area contributed by atoms with Crippen molar-refractivity contribution < 1.29 is 23.0 Å². The standard InChI is InChI=1S/C36H34F2N4O3S2/c1-4-30(43)42-13-9-27-29(20-42)47-36(39-27)34-32(31-26(38)18-24(37)19-28(31)45-15-14-44-3)35-25(10-16-46-35)33(40-34)23-6-5-21-7-11-41(2)12-8-22(21)17-23/h4-6,10,16-19H,1,7-9,11-15,20H2,2-3H3. The molecular formula is C36H34F2N4O3S2. The van der Waals surface area contributed by atoms with Gasteiger partial charge in [-0.05, 0) is 54.6 Å². The Balaban J connectivity index is 1.46. The Kier molecular flexibility index (Phi) is 8.89. The Morgan fingerprint density at radius 2 is 1.83 bits per heavy atom. The van der Waals surface area contributed by atoms with Crippen LogP contribution in [0.2, 0.25) is 0 Å². The predicted molar refractivity (Wildman–Crippen MR) is 183 cm³/mol. The van der Waals surface area contributed by atoms with E-state index in [1.807, 2.05) is 11.4 Å². The van der Waals surface area contributed by atoms with Crippen molar-refractivity contribution in [1.29, 1.82) is 0 Å². The van der Waals surface area contributed by atoms with Crippen molar-refractivity contribution in [2.75, 3.05) is 47.0 Å². The van der Waals surface area contributed by atoms with Crippen molar-refractivity contribution >= 4 is 38.7 Å². The van der Waals surface area contributed by atoms with Gasteiger partial charge in [0, 0.05) is 71.4 Å². The molecule has 7 nitrogen and oxygen atoms in total. The van der Waals surface area contributed by atoms with Crippen molar-refractivity contribution in [3.8, 4) is 38.8 Å². The fourth-order valence-electron chi connectivity index (χ4n) is 6.37. The van der Waals surface area contributed by atoms with E-state index in [-0.39, 0.29) is 30.4 Å². The number of fused-ring (bicyclic) bond motifs is 3. The van der Waals surface area contributed by atoms with Crippen LogP contribution in [0.5, 0.6) is 5.75 Å². The summed E-state index contributed by atoms with van der Waals surface area (Å²) in [5.74, 6) is -1.55. The SMILES string of the molecule is C=CC(=O)N1CCc2nc(-c3nc(-c4ccc5c(c4)CCN(C)CC5)c4ccsc4c3-c3c(F)cc(F)cc3OCCOC)sc2C1. The van der Waals surface area contributed by atoms with Gasteiger partial charge in [0.25, 0.3) is 0 Å². The third-order valence-electron chi connectivity index (χ3n) is 8.85. The zero-order chi connectivity index (χ0) is 32.7. The van der Waals surface area contributed by atoms with Crippen molar-refractivity contribution in [2.45, 2.75) is 25.8 Å². The van der Waals surface area contributed by atoms with Crippen LogP contribution in [0.15, 0.2) is 54.4 Å². The van der Waals surface area contributed by atoms with Gasteiger partial charge in [-0.2, -0.15) is 0 Å². The molecule has 2 aliphatic heterocycles. The Hall–Kier alpha value is -4.03. The van der Waals surface area contributed by atoms with E-state index in [1.54, 1.807) is 12.0 Å². The van der Waals surface area contributed by atoms with E-state index in [4.69, 9.17) is 19.4 Å². The Morgan fingerprint density at radius 1 is 1.00 bits per heavy atom. The van der Waals surface area contributed by atoms with E-state index in [0.717, 1.165) is 63.9 Å². The first kappa shape index (κ1) is 31.6. The van der Waals surface area contributed by atoms with Gasteiger partial charge in [-0.15, -0.1) is 22.7 Å². The molecule has 5 aromatic rings. The van der Waals surface area contributed by atoms with Crippen LogP contribution >= 0.6 is 22.7 Å². The summed E-state index contributed by atoms with van der Waals surface area (Å²) in [4.78, 5) is 27.8. The van der Waals surface area contributed by atoms with Gasteiger partial charge in [-0.1, -0.05) is 18.7 Å². The lowest BCUT2D eigenvalue weighted by molar-refractivity contribution is -0.126. The quantitative estimate of drug-likeness (QED) is 0.129. The molecule has 0 saturated carbocycles. The van der Waals surface area contributed by atoms with Crippen LogP contribution in [0.3, 0.4) is 0 Å². The number of ether oxygens (including phenoxy) is 2. The number of rotatable bonds is 8. The maximum Gasteiger partial charge on any atom is 0.246 e. The second kappa shape index (κ2) is 13.2. The molecule has 0 radical (unpaired) electrons. The molecule has 0 aliphatic carbocycles. The summed E-state index contributed by atoms with van der Waals surface area (Å²) in [6.07, 6.45) is 3.85. The van der Waals surface area contributed by atoms with Gasteiger partial charge in [-0.25, -0.2) is 18.7 Å². The molecule has 3 aromatic heterocycles. The lowest BCUT2D eigenvalue weighted by atomic mass is 9.95. The number of methoxy groups -OCH3 is 1. The van der Waals surface area contributed by atoms with Gasteiger partial charge in [0.2, 0.25) is 5.91 Å². The number of nitrogens with zero attached hydrogens (tertiary/aromatic N) is 4. The second-order valence-corrected chi connectivity index (χ2v) is 13.8. The predicted octanol–water partition coefficient (Wildman–Crippen LogP) is 7.16. The minimum atomic E-state index is -0.749. The van der Waals surface area contributed by atoms with Crippen LogP contribution < -0.4 is 4.74 Å². The normalized spacial score (nSPS) is 14.9. The number of halogens is 2. The number of benzene rings is 2. The first-order valence-corrected chi connectivity index (χ1v) is 17.3. The van der Waals surface area contributed by atoms with E-state index in [1.165, 1.54) is 45.9 Å². The molecule has 0 unspecified atom stereocenters. The van der Waals surface area contributed by atoms with E-state index >= 15 is 4.39 Å². The van der Waals surface area contributed by atoms with E-state index in [2.05, 4.69) is 36.7 Å². The molecule has 1 amide bonds. The molecule has 0 bridgehead atoms. The number of hydrogen-bond donors (Lipinski definition) is 0. The largest absolute Gasteiger partial charge is 0.490 e. The molecule has 47 heavy (non-hydrogen) atoms. The Bertz CT molecular complexity index is 2010. The summed E-state index contributed by atoms with van der Waals surface area (Å²) in [7, 11) is 3.69. The average molecular weight is 673 g/mol. The minimum Gasteiger partial charge on any atom is -0.490 e. The lowest BCUT2D eigenvalue weighted by Gasteiger charge is -2.24. The van der Waals surface area contributed by atoms with E-state index in [9.17, 15) is 9.18 Å². The van der Waals surface area contributed by atoms with E-state index < -0.39 is 11.6 Å². The highest BCUT2D eigenvalue weighted by Gasteiger charge is 2.29. The molecule has 0 N–H and O–H groups in total. The van der Waals surface area contributed by atoms with Crippen molar-refractivity contribution in [3.63, 3.8) is 0 Å². The summed E-state index contributed by atoms with van der Waals surface area (Å²) in [5.41, 5.74) is 6.42. The van der Waals surface area contributed by atoms with E-state index in [0.29, 0.717) is 35.8 Å². The van der Waals surface area contributed by atoms with Crippen molar-refractivity contribution in [2.24, 2.45) is 0 Å². The van der Waals surface area contributed by atoms with Gasteiger partial charge >= 0.3 is 0 Å². The number of aromatic nitrogens is 2. The molecule has 7 rings (SSSR count). The van der Waals surface area contributed by atoms with Gasteiger partial charge in [0.15, 0.2) is 0 Å².